The Balaban J connectivity index is 0. The molecule has 0 aromatic carbocycles. The highest BCUT2D eigenvalue weighted by Gasteiger charge is 1.93. The molecule has 0 aliphatic rings. The summed E-state index contributed by atoms with van der Waals surface area (Å²) in [6.45, 7) is 13.4. The molecule has 0 amide bonds. The number of hydrogen-bond acceptors (Lipinski definition) is 10. The lowest BCUT2D eigenvalue weighted by atomic mass is 10.4. The van der Waals surface area contributed by atoms with Crippen LogP contribution in [0.3, 0.4) is 0 Å². The van der Waals surface area contributed by atoms with E-state index in [2.05, 4.69) is 6.92 Å². The van der Waals surface area contributed by atoms with Gasteiger partial charge in [-0.2, -0.15) is 0 Å². The van der Waals surface area contributed by atoms with Gasteiger partial charge in [0.05, 0.1) is 106 Å². The molecule has 0 atom stereocenters. The van der Waals surface area contributed by atoms with Gasteiger partial charge in [0.2, 0.25) is 0 Å². The number of aliphatic hydroxyl groups excluding tert-OH is 2. The molecule has 0 fully saturated rings. The largest absolute Gasteiger partial charge is 0.394 e. The molecule has 0 spiro atoms. The predicted octanol–water partition coefficient (Wildman–Crippen LogP) is 0.910. The van der Waals surface area contributed by atoms with Crippen molar-refractivity contribution in [1.29, 1.82) is 0 Å². The molecule has 10 nitrogen and oxygen atoms in total. The van der Waals surface area contributed by atoms with Crippen molar-refractivity contribution in [1.82, 2.24) is 0 Å². The smallest absolute Gasteiger partial charge is 0.0701 e. The first-order chi connectivity index (χ1) is 15.8. The molecule has 0 aliphatic carbocycles. The van der Waals surface area contributed by atoms with E-state index in [4.69, 9.17) is 48.1 Å². The zero-order valence-electron chi connectivity index (χ0n) is 20.3. The van der Waals surface area contributed by atoms with Crippen LogP contribution in [0.5, 0.6) is 0 Å². The Bertz CT molecular complexity index is 272. The monoisotopic (exact) mass is 472 g/mol. The van der Waals surface area contributed by atoms with Crippen molar-refractivity contribution in [3.63, 3.8) is 0 Å². The second kappa shape index (κ2) is 35.2. The molecule has 2 N–H and O–H groups in total. The standard InChI is InChI=1S/C12H26O5.C10H22O5/c1-2-3-5-14-7-9-16-11-12-17-10-8-15-6-4-13;1-2-12-5-6-14-9-10-15-8-7-13-4-3-11/h13H,2-12H2,1H3;11H,2-10H2,1H3. The molecular formula is C22H48O10. The first-order valence-electron chi connectivity index (χ1n) is 11.7. The summed E-state index contributed by atoms with van der Waals surface area (Å²) in [5.74, 6) is 0. The van der Waals surface area contributed by atoms with Gasteiger partial charge in [-0.05, 0) is 13.3 Å². The molecule has 0 bridgehead atoms. The molecule has 0 rings (SSSR count). The normalized spacial score (nSPS) is 10.9. The molecule has 0 saturated carbocycles. The third kappa shape index (κ3) is 36.9. The quantitative estimate of drug-likeness (QED) is 0.176. The van der Waals surface area contributed by atoms with E-state index in [1.54, 1.807) is 0 Å². The van der Waals surface area contributed by atoms with Crippen molar-refractivity contribution in [2.75, 3.05) is 119 Å². The fourth-order valence-corrected chi connectivity index (χ4v) is 1.94. The number of rotatable bonds is 26. The van der Waals surface area contributed by atoms with Crippen molar-refractivity contribution < 1.29 is 48.1 Å². The summed E-state index contributed by atoms with van der Waals surface area (Å²) in [6, 6.07) is 0. The van der Waals surface area contributed by atoms with Gasteiger partial charge in [-0.3, -0.25) is 0 Å². The Morgan fingerprint density at radius 2 is 0.656 bits per heavy atom. The van der Waals surface area contributed by atoms with Crippen molar-refractivity contribution >= 4 is 0 Å². The van der Waals surface area contributed by atoms with Crippen LogP contribution in [0.4, 0.5) is 0 Å². The highest BCUT2D eigenvalue weighted by atomic mass is 16.6. The lowest BCUT2D eigenvalue weighted by molar-refractivity contribution is -0.00568. The third-order valence-corrected chi connectivity index (χ3v) is 3.55. The van der Waals surface area contributed by atoms with E-state index in [1.165, 1.54) is 0 Å². The maximum absolute atomic E-state index is 8.45. The summed E-state index contributed by atoms with van der Waals surface area (Å²) in [5.41, 5.74) is 0. The van der Waals surface area contributed by atoms with Crippen LogP contribution in [-0.2, 0) is 37.9 Å². The average Bonchev–Trinajstić information content (AvgIpc) is 2.81. The van der Waals surface area contributed by atoms with Crippen LogP contribution < -0.4 is 0 Å². The molecule has 0 radical (unpaired) electrons. The molecule has 196 valence electrons. The van der Waals surface area contributed by atoms with Crippen LogP contribution in [-0.4, -0.2) is 129 Å². The number of unbranched alkanes of at least 4 members (excludes halogenated alkanes) is 1. The van der Waals surface area contributed by atoms with Crippen LogP contribution in [0.25, 0.3) is 0 Å². The van der Waals surface area contributed by atoms with Gasteiger partial charge < -0.3 is 48.1 Å². The van der Waals surface area contributed by atoms with Crippen LogP contribution in [0, 0.1) is 0 Å². The maximum atomic E-state index is 8.45. The molecule has 32 heavy (non-hydrogen) atoms. The molecule has 10 heteroatoms. The predicted molar refractivity (Wildman–Crippen MR) is 121 cm³/mol. The average molecular weight is 473 g/mol. The van der Waals surface area contributed by atoms with Gasteiger partial charge in [0.1, 0.15) is 0 Å². The summed E-state index contributed by atoms with van der Waals surface area (Å²) < 4.78 is 41.5. The van der Waals surface area contributed by atoms with Crippen LogP contribution in [0.15, 0.2) is 0 Å². The van der Waals surface area contributed by atoms with E-state index in [-0.39, 0.29) is 13.2 Å². The highest BCUT2D eigenvalue weighted by molar-refractivity contribution is 4.36. The molecule has 0 aliphatic heterocycles. The topological polar surface area (TPSA) is 114 Å². The minimum absolute atomic E-state index is 0.0561. The van der Waals surface area contributed by atoms with E-state index >= 15 is 0 Å². The van der Waals surface area contributed by atoms with E-state index < -0.39 is 0 Å². The Morgan fingerprint density at radius 1 is 0.375 bits per heavy atom. The molecular weight excluding hydrogens is 424 g/mol. The Kier molecular flexibility index (Phi) is 37.1. The van der Waals surface area contributed by atoms with E-state index in [0.717, 1.165) is 26.1 Å². The van der Waals surface area contributed by atoms with Gasteiger partial charge in [-0.1, -0.05) is 13.3 Å². The van der Waals surface area contributed by atoms with Crippen LogP contribution in [0.1, 0.15) is 26.7 Å². The maximum Gasteiger partial charge on any atom is 0.0701 e. The number of aliphatic hydroxyl groups is 2. The van der Waals surface area contributed by atoms with Gasteiger partial charge in [-0.25, -0.2) is 0 Å². The van der Waals surface area contributed by atoms with E-state index in [1.807, 2.05) is 6.92 Å². The van der Waals surface area contributed by atoms with Crippen LogP contribution in [0.2, 0.25) is 0 Å². The Hall–Kier alpha value is -0.400. The molecule has 0 saturated heterocycles. The van der Waals surface area contributed by atoms with Gasteiger partial charge in [0, 0.05) is 13.2 Å². The summed E-state index contributed by atoms with van der Waals surface area (Å²) in [6.07, 6.45) is 2.27. The highest BCUT2D eigenvalue weighted by Crippen LogP contribution is 1.88. The SMILES string of the molecule is CCCCOCCOCCOCCOCCO.CCOCCOCCOCCOCCO. The van der Waals surface area contributed by atoms with E-state index in [9.17, 15) is 0 Å². The first-order valence-corrected chi connectivity index (χ1v) is 11.7. The fourth-order valence-electron chi connectivity index (χ4n) is 1.94. The summed E-state index contributed by atoms with van der Waals surface area (Å²) >= 11 is 0. The Labute approximate surface area is 194 Å². The van der Waals surface area contributed by atoms with Crippen molar-refractivity contribution in [3.05, 3.63) is 0 Å². The summed E-state index contributed by atoms with van der Waals surface area (Å²) in [5, 5.41) is 16.9. The van der Waals surface area contributed by atoms with Crippen LogP contribution >= 0.6 is 0 Å². The number of ether oxygens (including phenoxy) is 8. The number of hydrogen-bond donors (Lipinski definition) is 2. The van der Waals surface area contributed by atoms with Crippen molar-refractivity contribution in [2.45, 2.75) is 26.7 Å². The minimum Gasteiger partial charge on any atom is -0.394 e. The molecule has 0 heterocycles. The van der Waals surface area contributed by atoms with Gasteiger partial charge in [-0.15, -0.1) is 0 Å². The third-order valence-electron chi connectivity index (χ3n) is 3.55. The lowest BCUT2D eigenvalue weighted by Gasteiger charge is -2.06. The fraction of sp³-hybridized carbons (Fsp3) is 1.00. The van der Waals surface area contributed by atoms with Gasteiger partial charge in [0.25, 0.3) is 0 Å². The zero-order valence-corrected chi connectivity index (χ0v) is 20.3. The minimum atomic E-state index is 0.0561. The summed E-state index contributed by atoms with van der Waals surface area (Å²) in [4.78, 5) is 0. The van der Waals surface area contributed by atoms with Gasteiger partial charge >= 0.3 is 0 Å². The summed E-state index contributed by atoms with van der Waals surface area (Å²) in [7, 11) is 0. The van der Waals surface area contributed by atoms with Gasteiger partial charge in [0.15, 0.2) is 0 Å². The second-order valence-corrected chi connectivity index (χ2v) is 6.28. The van der Waals surface area contributed by atoms with E-state index in [0.29, 0.717) is 92.5 Å². The Morgan fingerprint density at radius 3 is 0.938 bits per heavy atom. The van der Waals surface area contributed by atoms with Crippen molar-refractivity contribution in [3.8, 4) is 0 Å². The molecule has 0 unspecified atom stereocenters. The lowest BCUT2D eigenvalue weighted by Crippen LogP contribution is -2.12. The van der Waals surface area contributed by atoms with Crippen molar-refractivity contribution in [2.24, 2.45) is 0 Å². The zero-order chi connectivity index (χ0) is 23.8. The first kappa shape index (κ1) is 33.8. The second-order valence-electron chi connectivity index (χ2n) is 6.28. The molecule has 0 aromatic heterocycles. The molecule has 0 aromatic rings.